The minimum atomic E-state index is -0.349. The highest BCUT2D eigenvalue weighted by Crippen LogP contribution is 2.31. The van der Waals surface area contributed by atoms with Gasteiger partial charge in [0, 0.05) is 18.5 Å². The predicted molar refractivity (Wildman–Crippen MR) is 151 cm³/mol. The van der Waals surface area contributed by atoms with E-state index in [4.69, 9.17) is 15.2 Å². The number of rotatable bonds is 7. The number of nitrogen functional groups attached to an aromatic ring is 1. The molecule has 0 saturated carbocycles. The van der Waals surface area contributed by atoms with Gasteiger partial charge in [0.1, 0.15) is 35.0 Å². The topological polar surface area (TPSA) is 141 Å². The van der Waals surface area contributed by atoms with Gasteiger partial charge in [0.25, 0.3) is 5.91 Å². The third-order valence-electron chi connectivity index (χ3n) is 7.55. The lowest BCUT2D eigenvalue weighted by atomic mass is 9.86. The number of ether oxygens (including phenoxy) is 2. The standard InChI is InChI=1S/C30H29N7O4/c1-30(17-40-18-30)14-20(15-31)28(38)35-13-5-6-22(35)16-36-27-25(26(32)33-19-34-27)37(29(36)39)21-9-11-24(12-10-21)41-23-7-3-2-4-8-23/h2-4,7-12,14,19,22H,5-6,13,16-18H2,1H3,(H2,32,33,34). The van der Waals surface area contributed by atoms with E-state index in [1.54, 1.807) is 35.2 Å². The molecular formula is C30H29N7O4. The number of hydrogen-bond donors (Lipinski definition) is 1. The monoisotopic (exact) mass is 551 g/mol. The Hall–Kier alpha value is -4.95. The summed E-state index contributed by atoms with van der Waals surface area (Å²) in [6.45, 7) is 3.62. The van der Waals surface area contributed by atoms with E-state index in [0.29, 0.717) is 54.5 Å². The van der Waals surface area contributed by atoms with Crippen LogP contribution in [-0.2, 0) is 16.1 Å². The molecule has 1 unspecified atom stereocenters. The van der Waals surface area contributed by atoms with Crippen molar-refractivity contribution < 1.29 is 14.3 Å². The molecule has 6 rings (SSSR count). The molecule has 0 spiro atoms. The fraction of sp³-hybridized carbons (Fsp3) is 0.300. The zero-order chi connectivity index (χ0) is 28.6. The summed E-state index contributed by atoms with van der Waals surface area (Å²) in [5, 5.41) is 9.76. The van der Waals surface area contributed by atoms with Gasteiger partial charge in [0.15, 0.2) is 11.5 Å². The Morgan fingerprint density at radius 3 is 2.59 bits per heavy atom. The van der Waals surface area contributed by atoms with Crippen LogP contribution in [0.15, 0.2) is 77.4 Å². The van der Waals surface area contributed by atoms with Crippen LogP contribution in [0, 0.1) is 16.7 Å². The molecule has 0 radical (unpaired) electrons. The van der Waals surface area contributed by atoms with E-state index in [-0.39, 0.29) is 41.0 Å². The van der Waals surface area contributed by atoms with Crippen LogP contribution in [-0.4, -0.2) is 55.7 Å². The number of nitriles is 1. The van der Waals surface area contributed by atoms with Crippen LogP contribution >= 0.6 is 0 Å². The van der Waals surface area contributed by atoms with Gasteiger partial charge in [-0.15, -0.1) is 0 Å². The fourth-order valence-corrected chi connectivity index (χ4v) is 5.45. The van der Waals surface area contributed by atoms with Crippen molar-refractivity contribution in [2.45, 2.75) is 32.4 Å². The second kappa shape index (κ2) is 10.6. The van der Waals surface area contributed by atoms with Crippen molar-refractivity contribution in [2.24, 2.45) is 5.41 Å². The number of nitrogens with two attached hydrogens (primary N) is 1. The van der Waals surface area contributed by atoms with Crippen molar-refractivity contribution in [3.05, 3.63) is 83.1 Å². The van der Waals surface area contributed by atoms with Crippen molar-refractivity contribution in [1.82, 2.24) is 24.0 Å². The largest absolute Gasteiger partial charge is 0.457 e. The van der Waals surface area contributed by atoms with Crippen molar-refractivity contribution in [1.29, 1.82) is 5.26 Å². The lowest BCUT2D eigenvalue weighted by molar-refractivity contribution is -0.128. The molecule has 2 aliphatic heterocycles. The lowest BCUT2D eigenvalue weighted by Gasteiger charge is -2.35. The zero-order valence-corrected chi connectivity index (χ0v) is 22.6. The van der Waals surface area contributed by atoms with E-state index in [1.165, 1.54) is 15.5 Å². The first-order valence-electron chi connectivity index (χ1n) is 13.4. The maximum absolute atomic E-state index is 13.9. The molecule has 4 heterocycles. The summed E-state index contributed by atoms with van der Waals surface area (Å²) in [7, 11) is 0. The van der Waals surface area contributed by atoms with E-state index < -0.39 is 0 Å². The maximum atomic E-state index is 13.9. The number of amides is 1. The number of nitrogens with zero attached hydrogens (tertiary/aromatic N) is 6. The lowest BCUT2D eigenvalue weighted by Crippen LogP contribution is -2.42. The quantitative estimate of drug-likeness (QED) is 0.272. The van der Waals surface area contributed by atoms with Crippen LogP contribution in [0.4, 0.5) is 5.82 Å². The molecule has 0 bridgehead atoms. The summed E-state index contributed by atoms with van der Waals surface area (Å²) >= 11 is 0. The number of aromatic nitrogens is 4. The third kappa shape index (κ3) is 4.94. The van der Waals surface area contributed by atoms with Gasteiger partial charge in [-0.1, -0.05) is 31.2 Å². The molecule has 2 fully saturated rings. The predicted octanol–water partition coefficient (Wildman–Crippen LogP) is 3.43. The van der Waals surface area contributed by atoms with Gasteiger partial charge in [-0.05, 0) is 49.2 Å². The summed E-state index contributed by atoms with van der Waals surface area (Å²) in [6.07, 6.45) is 4.49. The van der Waals surface area contributed by atoms with E-state index in [2.05, 4.69) is 16.0 Å². The molecule has 2 aliphatic rings. The van der Waals surface area contributed by atoms with E-state index >= 15 is 0 Å². The van der Waals surface area contributed by atoms with Crippen molar-refractivity contribution in [3.8, 4) is 23.3 Å². The number of carbonyl (C=O) groups excluding carboxylic acids is 1. The number of carbonyl (C=O) groups is 1. The number of benzene rings is 2. The van der Waals surface area contributed by atoms with E-state index in [9.17, 15) is 14.9 Å². The third-order valence-corrected chi connectivity index (χ3v) is 7.55. The Bertz CT molecular complexity index is 1730. The zero-order valence-electron chi connectivity index (χ0n) is 22.6. The average molecular weight is 552 g/mol. The van der Waals surface area contributed by atoms with Gasteiger partial charge >= 0.3 is 5.69 Å². The number of para-hydroxylation sites is 1. The Morgan fingerprint density at radius 2 is 1.90 bits per heavy atom. The van der Waals surface area contributed by atoms with Gasteiger partial charge in [0.05, 0.1) is 24.9 Å². The van der Waals surface area contributed by atoms with Crippen LogP contribution in [0.5, 0.6) is 11.5 Å². The summed E-state index contributed by atoms with van der Waals surface area (Å²) < 4.78 is 14.2. The number of anilines is 1. The molecule has 208 valence electrons. The fourth-order valence-electron chi connectivity index (χ4n) is 5.45. The Morgan fingerprint density at radius 1 is 1.17 bits per heavy atom. The molecule has 4 aromatic rings. The number of likely N-dealkylation sites (tertiary alicyclic amines) is 1. The summed E-state index contributed by atoms with van der Waals surface area (Å²) in [4.78, 5) is 37.5. The average Bonchev–Trinajstić information content (AvgIpc) is 3.55. The maximum Gasteiger partial charge on any atom is 0.335 e. The second-order valence-corrected chi connectivity index (χ2v) is 10.7. The first-order chi connectivity index (χ1) is 19.9. The summed E-state index contributed by atoms with van der Waals surface area (Å²) in [5.41, 5.74) is 7.03. The number of hydrogen-bond acceptors (Lipinski definition) is 8. The van der Waals surface area contributed by atoms with Crippen LogP contribution < -0.4 is 16.2 Å². The molecule has 11 nitrogen and oxygen atoms in total. The Balaban J connectivity index is 1.32. The number of imidazole rings is 1. The minimum absolute atomic E-state index is 0.0989. The molecule has 0 aliphatic carbocycles. The van der Waals surface area contributed by atoms with Crippen LogP contribution in [0.3, 0.4) is 0 Å². The molecule has 1 atom stereocenters. The SMILES string of the molecule is CC1(C=C(C#N)C(=O)N2CCCC2Cn2c(=O)n(-c3ccc(Oc4ccccc4)cc3)c3c(N)ncnc32)COC1. The van der Waals surface area contributed by atoms with Gasteiger partial charge < -0.3 is 20.1 Å². The van der Waals surface area contributed by atoms with Crippen molar-refractivity contribution in [3.63, 3.8) is 0 Å². The first-order valence-corrected chi connectivity index (χ1v) is 13.4. The Labute approximate surface area is 236 Å². The van der Waals surface area contributed by atoms with Gasteiger partial charge in [-0.25, -0.2) is 14.8 Å². The normalized spacial score (nSPS) is 18.2. The molecule has 2 N–H and O–H groups in total. The molecule has 2 aromatic heterocycles. The van der Waals surface area contributed by atoms with Gasteiger partial charge in [-0.3, -0.25) is 13.9 Å². The van der Waals surface area contributed by atoms with Crippen molar-refractivity contribution in [2.75, 3.05) is 25.5 Å². The van der Waals surface area contributed by atoms with Gasteiger partial charge in [-0.2, -0.15) is 5.26 Å². The smallest absolute Gasteiger partial charge is 0.335 e. The molecule has 2 aromatic carbocycles. The highest BCUT2D eigenvalue weighted by Gasteiger charge is 2.36. The van der Waals surface area contributed by atoms with Crippen LogP contribution in [0.1, 0.15) is 19.8 Å². The molecule has 1 amide bonds. The summed E-state index contributed by atoms with van der Waals surface area (Å²) in [5.74, 6) is 1.15. The highest BCUT2D eigenvalue weighted by molar-refractivity contribution is 5.97. The van der Waals surface area contributed by atoms with E-state index in [0.717, 1.165) is 6.42 Å². The molecular weight excluding hydrogens is 522 g/mol. The highest BCUT2D eigenvalue weighted by atomic mass is 16.5. The number of fused-ring (bicyclic) bond motifs is 1. The summed E-state index contributed by atoms with van der Waals surface area (Å²) in [6, 6.07) is 18.3. The molecule has 11 heteroatoms. The molecule has 2 saturated heterocycles. The van der Waals surface area contributed by atoms with Crippen molar-refractivity contribution >= 4 is 22.9 Å². The van der Waals surface area contributed by atoms with Crippen LogP contribution in [0.25, 0.3) is 16.9 Å². The molecule has 41 heavy (non-hydrogen) atoms. The van der Waals surface area contributed by atoms with Gasteiger partial charge in [0.2, 0.25) is 0 Å². The van der Waals surface area contributed by atoms with Crippen LogP contribution in [0.2, 0.25) is 0 Å². The second-order valence-electron chi connectivity index (χ2n) is 10.7. The Kier molecular flexibility index (Phi) is 6.77. The van der Waals surface area contributed by atoms with E-state index in [1.807, 2.05) is 37.3 Å². The minimum Gasteiger partial charge on any atom is -0.457 e. The first kappa shape index (κ1) is 26.3.